The fourth-order valence-electron chi connectivity index (χ4n) is 1.94. The van der Waals surface area contributed by atoms with Crippen LogP contribution < -0.4 is 5.32 Å². The first kappa shape index (κ1) is 9.68. The third-order valence-corrected chi connectivity index (χ3v) is 2.79. The summed E-state index contributed by atoms with van der Waals surface area (Å²) >= 11 is 0. The quantitative estimate of drug-likeness (QED) is 0.776. The molecule has 0 aliphatic carbocycles. The summed E-state index contributed by atoms with van der Waals surface area (Å²) in [6.07, 6.45) is 2.89. The molecule has 0 radical (unpaired) electrons. The number of piperazine rings is 1. The van der Waals surface area contributed by atoms with Gasteiger partial charge in [-0.05, 0) is 6.42 Å². The van der Waals surface area contributed by atoms with Crippen LogP contribution in [0.3, 0.4) is 0 Å². The van der Waals surface area contributed by atoms with Gasteiger partial charge in [0.15, 0.2) is 5.76 Å². The maximum Gasteiger partial charge on any atom is 0.150 e. The van der Waals surface area contributed by atoms with E-state index < -0.39 is 0 Å². The van der Waals surface area contributed by atoms with Crippen molar-refractivity contribution in [2.24, 2.45) is 0 Å². The molecule has 1 aliphatic heterocycles. The summed E-state index contributed by atoms with van der Waals surface area (Å²) in [4.78, 5) is 2.46. The molecule has 1 aromatic rings. The van der Waals surface area contributed by atoms with E-state index in [1.807, 2.05) is 6.07 Å². The van der Waals surface area contributed by atoms with Crippen molar-refractivity contribution >= 4 is 0 Å². The fraction of sp³-hybridized carbons (Fsp3) is 0.700. The van der Waals surface area contributed by atoms with Crippen LogP contribution in [0.4, 0.5) is 0 Å². The lowest BCUT2D eigenvalue weighted by atomic mass is 10.1. The Bertz CT molecular complexity index is 260. The zero-order valence-electron chi connectivity index (χ0n) is 8.57. The van der Waals surface area contributed by atoms with E-state index in [0.29, 0.717) is 6.04 Å². The molecule has 0 aromatic carbocycles. The van der Waals surface area contributed by atoms with E-state index in [9.17, 15) is 0 Å². The van der Waals surface area contributed by atoms with E-state index in [2.05, 4.69) is 22.3 Å². The van der Waals surface area contributed by atoms with Gasteiger partial charge in [-0.2, -0.15) is 0 Å². The molecule has 0 spiro atoms. The van der Waals surface area contributed by atoms with E-state index in [4.69, 9.17) is 4.52 Å². The van der Waals surface area contributed by atoms with E-state index in [0.717, 1.165) is 31.9 Å². The highest BCUT2D eigenvalue weighted by molar-refractivity contribution is 4.94. The first-order valence-corrected chi connectivity index (χ1v) is 5.24. The number of nitrogens with one attached hydrogen (secondary N) is 1. The molecule has 78 valence electrons. The lowest BCUT2D eigenvalue weighted by Gasteiger charge is -2.34. The lowest BCUT2D eigenvalue weighted by molar-refractivity contribution is 0.134. The second-order valence-corrected chi connectivity index (χ2v) is 3.72. The van der Waals surface area contributed by atoms with Gasteiger partial charge in [-0.3, -0.25) is 4.90 Å². The van der Waals surface area contributed by atoms with Crippen molar-refractivity contribution in [3.05, 3.63) is 18.0 Å². The maximum absolute atomic E-state index is 5.12. The summed E-state index contributed by atoms with van der Waals surface area (Å²) in [5.74, 6) is 0.963. The molecule has 1 N–H and O–H groups in total. The van der Waals surface area contributed by atoms with Crippen molar-refractivity contribution in [2.75, 3.05) is 19.6 Å². The van der Waals surface area contributed by atoms with E-state index in [1.54, 1.807) is 6.20 Å². The molecule has 14 heavy (non-hydrogen) atoms. The molecule has 1 saturated heterocycles. The predicted octanol–water partition coefficient (Wildman–Crippen LogP) is 0.858. The number of rotatable bonds is 3. The number of hydrogen-bond acceptors (Lipinski definition) is 4. The molecular formula is C10H17N3O. The number of aromatic nitrogens is 1. The third-order valence-electron chi connectivity index (χ3n) is 2.79. The van der Waals surface area contributed by atoms with Crippen molar-refractivity contribution in [1.29, 1.82) is 0 Å². The summed E-state index contributed by atoms with van der Waals surface area (Å²) < 4.78 is 5.12. The monoisotopic (exact) mass is 195 g/mol. The Kier molecular flexibility index (Phi) is 3.16. The molecule has 4 heteroatoms. The highest BCUT2D eigenvalue weighted by Crippen LogP contribution is 2.11. The highest BCUT2D eigenvalue weighted by Gasteiger charge is 2.21. The summed E-state index contributed by atoms with van der Waals surface area (Å²) in [5.41, 5.74) is 0. The first-order chi connectivity index (χ1) is 6.90. The van der Waals surface area contributed by atoms with Crippen LogP contribution in [0, 0.1) is 0 Å². The molecule has 1 aliphatic rings. The number of nitrogens with zero attached hydrogens (tertiary/aromatic N) is 2. The minimum Gasteiger partial charge on any atom is -0.360 e. The van der Waals surface area contributed by atoms with Crippen LogP contribution in [-0.2, 0) is 6.54 Å². The molecular weight excluding hydrogens is 178 g/mol. The van der Waals surface area contributed by atoms with E-state index in [-0.39, 0.29) is 0 Å². The average molecular weight is 195 g/mol. The van der Waals surface area contributed by atoms with Gasteiger partial charge >= 0.3 is 0 Å². The first-order valence-electron chi connectivity index (χ1n) is 5.24. The molecule has 1 aromatic heterocycles. The molecule has 4 nitrogen and oxygen atoms in total. The molecule has 1 unspecified atom stereocenters. The molecule has 1 fully saturated rings. The summed E-state index contributed by atoms with van der Waals surface area (Å²) in [6.45, 7) is 6.37. The van der Waals surface area contributed by atoms with Crippen LogP contribution in [-0.4, -0.2) is 35.7 Å². The van der Waals surface area contributed by atoms with Crippen LogP contribution in [0.15, 0.2) is 16.8 Å². The standard InChI is InChI=1S/C10H17N3O/c1-2-9-7-11-5-6-13(9)8-10-3-4-12-14-10/h3-4,9,11H,2,5-8H2,1H3. The van der Waals surface area contributed by atoms with Gasteiger partial charge in [0.2, 0.25) is 0 Å². The van der Waals surface area contributed by atoms with Crippen LogP contribution in [0.1, 0.15) is 19.1 Å². The van der Waals surface area contributed by atoms with Gasteiger partial charge in [0, 0.05) is 31.7 Å². The Morgan fingerprint density at radius 3 is 3.36 bits per heavy atom. The van der Waals surface area contributed by atoms with E-state index >= 15 is 0 Å². The smallest absolute Gasteiger partial charge is 0.150 e. The molecule has 2 heterocycles. The Hall–Kier alpha value is -0.870. The van der Waals surface area contributed by atoms with E-state index in [1.165, 1.54) is 6.42 Å². The minimum atomic E-state index is 0.633. The van der Waals surface area contributed by atoms with Crippen molar-refractivity contribution < 1.29 is 4.52 Å². The largest absolute Gasteiger partial charge is 0.360 e. The average Bonchev–Trinajstić information content (AvgIpc) is 2.71. The van der Waals surface area contributed by atoms with Gasteiger partial charge in [0.05, 0.1) is 12.7 Å². The Balaban J connectivity index is 1.94. The molecule has 0 amide bonds. The van der Waals surface area contributed by atoms with Gasteiger partial charge < -0.3 is 9.84 Å². The maximum atomic E-state index is 5.12. The minimum absolute atomic E-state index is 0.633. The van der Waals surface area contributed by atoms with Gasteiger partial charge in [0.1, 0.15) is 0 Å². The summed E-state index contributed by atoms with van der Waals surface area (Å²) in [5, 5.41) is 7.13. The van der Waals surface area contributed by atoms with Crippen molar-refractivity contribution in [3.8, 4) is 0 Å². The normalized spacial score (nSPS) is 23.9. The molecule has 0 saturated carbocycles. The second kappa shape index (κ2) is 4.57. The Morgan fingerprint density at radius 2 is 2.64 bits per heavy atom. The van der Waals surface area contributed by atoms with Gasteiger partial charge in [-0.1, -0.05) is 12.1 Å². The lowest BCUT2D eigenvalue weighted by Crippen LogP contribution is -2.50. The topological polar surface area (TPSA) is 41.3 Å². The molecule has 2 rings (SSSR count). The summed E-state index contributed by atoms with van der Waals surface area (Å²) in [7, 11) is 0. The highest BCUT2D eigenvalue weighted by atomic mass is 16.5. The Labute approximate surface area is 84.3 Å². The Morgan fingerprint density at radius 1 is 1.71 bits per heavy atom. The van der Waals surface area contributed by atoms with Gasteiger partial charge in [0.25, 0.3) is 0 Å². The fourth-order valence-corrected chi connectivity index (χ4v) is 1.94. The second-order valence-electron chi connectivity index (χ2n) is 3.72. The molecule has 0 bridgehead atoms. The van der Waals surface area contributed by atoms with Crippen LogP contribution in [0.5, 0.6) is 0 Å². The van der Waals surface area contributed by atoms with Crippen molar-refractivity contribution in [2.45, 2.75) is 25.9 Å². The van der Waals surface area contributed by atoms with Gasteiger partial charge in [-0.25, -0.2) is 0 Å². The van der Waals surface area contributed by atoms with Crippen LogP contribution in [0.25, 0.3) is 0 Å². The zero-order chi connectivity index (χ0) is 9.80. The predicted molar refractivity (Wildman–Crippen MR) is 53.9 cm³/mol. The molecule has 1 atom stereocenters. The van der Waals surface area contributed by atoms with Crippen molar-refractivity contribution in [1.82, 2.24) is 15.4 Å². The zero-order valence-corrected chi connectivity index (χ0v) is 8.57. The van der Waals surface area contributed by atoms with Crippen LogP contribution >= 0.6 is 0 Å². The van der Waals surface area contributed by atoms with Crippen molar-refractivity contribution in [3.63, 3.8) is 0 Å². The van der Waals surface area contributed by atoms with Crippen LogP contribution in [0.2, 0.25) is 0 Å². The summed E-state index contributed by atoms with van der Waals surface area (Å²) in [6, 6.07) is 2.57. The third kappa shape index (κ3) is 2.13. The van der Waals surface area contributed by atoms with Gasteiger partial charge in [-0.15, -0.1) is 0 Å². The number of hydrogen-bond donors (Lipinski definition) is 1. The SMILES string of the molecule is CCC1CNCCN1Cc1ccno1.